The Morgan fingerprint density at radius 3 is 2.72 bits per heavy atom. The number of rotatable bonds is 12. The van der Waals surface area contributed by atoms with Gasteiger partial charge in [-0.05, 0) is 56.5 Å². The van der Waals surface area contributed by atoms with E-state index in [1.807, 2.05) is 13.1 Å². The number of hydrogen-bond donors (Lipinski definition) is 6. The number of nitrogens with zero attached hydrogens (tertiary/aromatic N) is 2. The molecule has 246 valence electrons. The SMILES string of the molecule is CN[C@@H]1Cc2ccc(OC(=O)N(C)CCNC(=O)[C@H](CCCN=C(N)N)NC(=O)c3ccccc3)c3c2C2(CNCC(=O)C2O3)C1. The molecule has 46 heavy (non-hydrogen) atoms. The van der Waals surface area contributed by atoms with Crippen LogP contribution in [0.2, 0.25) is 0 Å². The summed E-state index contributed by atoms with van der Waals surface area (Å²) in [6, 6.07) is 11.6. The van der Waals surface area contributed by atoms with Crippen molar-refractivity contribution in [1.82, 2.24) is 26.2 Å². The van der Waals surface area contributed by atoms with Crippen LogP contribution in [0.15, 0.2) is 47.5 Å². The van der Waals surface area contributed by atoms with E-state index in [0.29, 0.717) is 37.2 Å². The van der Waals surface area contributed by atoms with Crippen LogP contribution in [-0.2, 0) is 21.4 Å². The molecule has 4 atom stereocenters. The second kappa shape index (κ2) is 14.2. The van der Waals surface area contributed by atoms with Crippen LogP contribution in [0.4, 0.5) is 4.79 Å². The lowest BCUT2D eigenvalue weighted by atomic mass is 9.64. The molecule has 1 spiro atoms. The Balaban J connectivity index is 1.20. The van der Waals surface area contributed by atoms with Gasteiger partial charge in [0.05, 0.1) is 12.0 Å². The van der Waals surface area contributed by atoms with Crippen LogP contribution in [0.1, 0.15) is 40.7 Å². The number of amides is 3. The topological polar surface area (TPSA) is 202 Å². The number of ketones is 1. The minimum Gasteiger partial charge on any atom is -0.477 e. The molecule has 3 aliphatic rings. The maximum absolute atomic E-state index is 13.1. The molecular formula is C32H42N8O6. The van der Waals surface area contributed by atoms with Gasteiger partial charge in [0.15, 0.2) is 29.3 Å². The number of piperidine rings is 1. The Kier molecular flexibility index (Phi) is 10.1. The highest BCUT2D eigenvalue weighted by atomic mass is 16.6. The number of ether oxygens (including phenoxy) is 2. The molecule has 1 aliphatic carbocycles. The number of Topliss-reactive ketones (excluding diaryl/α,β-unsaturated/α-hetero) is 1. The van der Waals surface area contributed by atoms with Crippen molar-refractivity contribution in [3.8, 4) is 11.5 Å². The fourth-order valence-corrected chi connectivity index (χ4v) is 6.54. The first-order chi connectivity index (χ1) is 22.1. The molecule has 2 unspecified atom stereocenters. The molecule has 0 bridgehead atoms. The largest absolute Gasteiger partial charge is 0.477 e. The lowest BCUT2D eigenvalue weighted by Crippen LogP contribution is -2.61. The first-order valence-electron chi connectivity index (χ1n) is 15.5. The molecule has 1 fully saturated rings. The fraction of sp³-hybridized carbons (Fsp3) is 0.469. The number of likely N-dealkylation sites (N-methyl/N-ethyl adjacent to an activating group) is 2. The molecular weight excluding hydrogens is 592 g/mol. The second-order valence-corrected chi connectivity index (χ2v) is 12.0. The summed E-state index contributed by atoms with van der Waals surface area (Å²) in [7, 11) is 3.48. The van der Waals surface area contributed by atoms with Crippen LogP contribution in [-0.4, -0.2) is 99.6 Å². The lowest BCUT2D eigenvalue weighted by molar-refractivity contribution is -0.129. The van der Waals surface area contributed by atoms with Crippen LogP contribution in [0.5, 0.6) is 11.5 Å². The molecule has 0 radical (unpaired) electrons. The second-order valence-electron chi connectivity index (χ2n) is 12.0. The average molecular weight is 635 g/mol. The Morgan fingerprint density at radius 2 is 1.98 bits per heavy atom. The number of aliphatic imine (C=N–C) groups is 1. The Morgan fingerprint density at radius 1 is 1.20 bits per heavy atom. The fourth-order valence-electron chi connectivity index (χ4n) is 6.54. The molecule has 8 N–H and O–H groups in total. The van der Waals surface area contributed by atoms with Gasteiger partial charge in [0, 0.05) is 50.4 Å². The van der Waals surface area contributed by atoms with Gasteiger partial charge >= 0.3 is 6.09 Å². The highest BCUT2D eigenvalue weighted by molar-refractivity contribution is 5.97. The van der Waals surface area contributed by atoms with Crippen LogP contribution in [0.25, 0.3) is 0 Å². The van der Waals surface area contributed by atoms with E-state index in [-0.39, 0.29) is 49.1 Å². The zero-order chi connectivity index (χ0) is 32.8. The number of carbonyl (C=O) groups is 4. The van der Waals surface area contributed by atoms with Gasteiger partial charge in [0.25, 0.3) is 5.91 Å². The van der Waals surface area contributed by atoms with Crippen molar-refractivity contribution in [2.45, 2.75) is 49.3 Å². The van der Waals surface area contributed by atoms with E-state index in [2.05, 4.69) is 26.3 Å². The van der Waals surface area contributed by atoms with Crippen LogP contribution >= 0.6 is 0 Å². The van der Waals surface area contributed by atoms with Crippen LogP contribution < -0.4 is 42.2 Å². The molecule has 2 aliphatic heterocycles. The number of nitrogens with two attached hydrogens (primary N) is 2. The van der Waals surface area contributed by atoms with E-state index in [4.69, 9.17) is 20.9 Å². The van der Waals surface area contributed by atoms with E-state index in [9.17, 15) is 19.2 Å². The molecule has 0 saturated carbocycles. The average Bonchev–Trinajstić information content (AvgIpc) is 3.41. The number of hydrogen-bond acceptors (Lipinski definition) is 9. The standard InChI is InChI=1S/C32H42N8O6/c1-35-21-15-20-10-11-24(26-25(20)32(16-21)18-36-17-23(41)27(32)46-26)45-31(44)40(2)14-13-37-29(43)22(9-6-12-38-30(33)34)39-28(42)19-7-4-3-5-8-19/h3-5,7-8,10-11,21-22,27,35-36H,6,9,12-18H2,1-2H3,(H,37,43)(H,39,42)(H4,33,34,38)/t21-,22+,27?,32?/m1/s1. The van der Waals surface area contributed by atoms with Gasteiger partial charge < -0.3 is 47.1 Å². The smallest absolute Gasteiger partial charge is 0.415 e. The van der Waals surface area contributed by atoms with E-state index in [1.165, 1.54) is 4.90 Å². The highest BCUT2D eigenvalue weighted by Crippen LogP contribution is 2.55. The van der Waals surface area contributed by atoms with E-state index < -0.39 is 29.6 Å². The highest BCUT2D eigenvalue weighted by Gasteiger charge is 2.58. The van der Waals surface area contributed by atoms with Gasteiger partial charge in [0.2, 0.25) is 5.91 Å². The summed E-state index contributed by atoms with van der Waals surface area (Å²) in [4.78, 5) is 57.2. The summed E-state index contributed by atoms with van der Waals surface area (Å²) in [5, 5.41) is 12.2. The summed E-state index contributed by atoms with van der Waals surface area (Å²) in [6.07, 6.45) is 0.987. The van der Waals surface area contributed by atoms with Gasteiger partial charge in [-0.3, -0.25) is 19.4 Å². The summed E-state index contributed by atoms with van der Waals surface area (Å²) < 4.78 is 12.1. The molecule has 2 aromatic carbocycles. The summed E-state index contributed by atoms with van der Waals surface area (Å²) in [6.45, 7) is 1.38. The zero-order valence-corrected chi connectivity index (χ0v) is 26.1. The van der Waals surface area contributed by atoms with Crippen molar-refractivity contribution in [2.24, 2.45) is 16.5 Å². The number of nitrogens with one attached hydrogen (secondary N) is 4. The third-order valence-corrected chi connectivity index (χ3v) is 8.82. The summed E-state index contributed by atoms with van der Waals surface area (Å²) in [5.41, 5.74) is 12.7. The number of benzene rings is 2. The third-order valence-electron chi connectivity index (χ3n) is 8.82. The van der Waals surface area contributed by atoms with Gasteiger partial charge in [-0.25, -0.2) is 4.79 Å². The van der Waals surface area contributed by atoms with Crippen LogP contribution in [0, 0.1) is 0 Å². The van der Waals surface area contributed by atoms with Crippen molar-refractivity contribution in [3.05, 3.63) is 59.2 Å². The summed E-state index contributed by atoms with van der Waals surface area (Å²) in [5.74, 6) is -0.159. The molecule has 2 aromatic rings. The Labute approximate surface area is 267 Å². The number of carbonyl (C=O) groups excluding carboxylic acids is 4. The minimum absolute atomic E-state index is 0.0233. The zero-order valence-electron chi connectivity index (χ0n) is 26.1. The van der Waals surface area contributed by atoms with Crippen molar-refractivity contribution in [2.75, 3.05) is 46.8 Å². The lowest BCUT2D eigenvalue weighted by Gasteiger charge is -2.43. The molecule has 14 heteroatoms. The van der Waals surface area contributed by atoms with Crippen LogP contribution in [0.3, 0.4) is 0 Å². The third kappa shape index (κ3) is 6.92. The molecule has 5 rings (SSSR count). The van der Waals surface area contributed by atoms with Gasteiger partial charge in [-0.15, -0.1) is 0 Å². The Bertz CT molecular complexity index is 1500. The first-order valence-corrected chi connectivity index (χ1v) is 15.5. The number of guanidine groups is 1. The maximum atomic E-state index is 13.1. The minimum atomic E-state index is -0.841. The maximum Gasteiger partial charge on any atom is 0.415 e. The molecule has 14 nitrogen and oxygen atoms in total. The van der Waals surface area contributed by atoms with E-state index in [1.54, 1.807) is 43.4 Å². The van der Waals surface area contributed by atoms with Crippen molar-refractivity contribution in [1.29, 1.82) is 0 Å². The predicted molar refractivity (Wildman–Crippen MR) is 171 cm³/mol. The van der Waals surface area contributed by atoms with Crippen molar-refractivity contribution < 1.29 is 28.7 Å². The van der Waals surface area contributed by atoms with Gasteiger partial charge in [-0.2, -0.15) is 0 Å². The molecule has 2 heterocycles. The molecule has 0 aromatic heterocycles. The van der Waals surface area contributed by atoms with Crippen molar-refractivity contribution in [3.63, 3.8) is 0 Å². The van der Waals surface area contributed by atoms with Gasteiger partial charge in [0.1, 0.15) is 6.04 Å². The predicted octanol–water partition coefficient (Wildman–Crippen LogP) is -0.209. The van der Waals surface area contributed by atoms with E-state index in [0.717, 1.165) is 24.0 Å². The Hall–Kier alpha value is -4.69. The monoisotopic (exact) mass is 634 g/mol. The molecule has 1 saturated heterocycles. The van der Waals surface area contributed by atoms with E-state index >= 15 is 0 Å². The molecule has 3 amide bonds. The first kappa shape index (κ1) is 32.7. The quantitative estimate of drug-likeness (QED) is 0.103. The van der Waals surface area contributed by atoms with Crippen molar-refractivity contribution >= 4 is 29.7 Å². The summed E-state index contributed by atoms with van der Waals surface area (Å²) >= 11 is 0. The van der Waals surface area contributed by atoms with Gasteiger partial charge in [-0.1, -0.05) is 24.3 Å². The normalized spacial score (nSPS) is 21.6.